The summed E-state index contributed by atoms with van der Waals surface area (Å²) in [6, 6.07) is 0.207. The molecular weight excluding hydrogens is 196 g/mol. The lowest BCUT2D eigenvalue weighted by atomic mass is 10.1. The van der Waals surface area contributed by atoms with Crippen LogP contribution >= 0.6 is 0 Å². The van der Waals surface area contributed by atoms with Crippen molar-refractivity contribution >= 4 is 11.9 Å². The summed E-state index contributed by atoms with van der Waals surface area (Å²) in [4.78, 5) is 24.4. The SMILES string of the molecule is COC(=O)CC(=O)NC1CCN(C)CC1. The van der Waals surface area contributed by atoms with Gasteiger partial charge < -0.3 is 15.0 Å². The van der Waals surface area contributed by atoms with E-state index < -0.39 is 5.97 Å². The average Bonchev–Trinajstić information content (AvgIpc) is 2.21. The maximum atomic E-state index is 11.3. The summed E-state index contributed by atoms with van der Waals surface area (Å²) >= 11 is 0. The van der Waals surface area contributed by atoms with Gasteiger partial charge in [0.1, 0.15) is 6.42 Å². The van der Waals surface area contributed by atoms with Crippen molar-refractivity contribution < 1.29 is 14.3 Å². The van der Waals surface area contributed by atoms with Gasteiger partial charge in [0.25, 0.3) is 0 Å². The van der Waals surface area contributed by atoms with Crippen molar-refractivity contribution in [3.05, 3.63) is 0 Å². The Morgan fingerprint density at radius 2 is 2.00 bits per heavy atom. The second kappa shape index (κ2) is 5.70. The van der Waals surface area contributed by atoms with E-state index in [0.717, 1.165) is 25.9 Å². The van der Waals surface area contributed by atoms with Gasteiger partial charge in [-0.05, 0) is 33.0 Å². The summed E-state index contributed by atoms with van der Waals surface area (Å²) in [5, 5.41) is 2.84. The molecule has 0 unspecified atom stereocenters. The first-order valence-electron chi connectivity index (χ1n) is 5.16. The molecule has 0 aromatic carbocycles. The van der Waals surface area contributed by atoms with Crippen LogP contribution in [0.1, 0.15) is 19.3 Å². The van der Waals surface area contributed by atoms with E-state index in [1.54, 1.807) is 0 Å². The minimum absolute atomic E-state index is 0.178. The van der Waals surface area contributed by atoms with E-state index in [1.165, 1.54) is 7.11 Å². The number of esters is 1. The molecule has 1 amide bonds. The minimum Gasteiger partial charge on any atom is -0.469 e. The molecule has 0 spiro atoms. The van der Waals surface area contributed by atoms with Crippen LogP contribution in [0.3, 0.4) is 0 Å². The van der Waals surface area contributed by atoms with Gasteiger partial charge in [0.05, 0.1) is 7.11 Å². The third kappa shape index (κ3) is 4.29. The van der Waals surface area contributed by atoms with E-state index in [2.05, 4.69) is 22.0 Å². The Balaban J connectivity index is 2.23. The number of nitrogens with zero attached hydrogens (tertiary/aromatic N) is 1. The number of piperidine rings is 1. The molecule has 0 aromatic heterocycles. The Hall–Kier alpha value is -1.10. The number of hydrogen-bond acceptors (Lipinski definition) is 4. The highest BCUT2D eigenvalue weighted by molar-refractivity contribution is 5.94. The molecule has 0 aromatic rings. The van der Waals surface area contributed by atoms with E-state index in [1.807, 2.05) is 0 Å². The van der Waals surface area contributed by atoms with Crippen LogP contribution < -0.4 is 5.32 Å². The van der Waals surface area contributed by atoms with Crippen molar-refractivity contribution in [2.75, 3.05) is 27.2 Å². The summed E-state index contributed by atoms with van der Waals surface area (Å²) in [7, 11) is 3.34. The van der Waals surface area contributed by atoms with Gasteiger partial charge in [0.2, 0.25) is 5.91 Å². The predicted molar refractivity (Wildman–Crippen MR) is 55.3 cm³/mol. The number of nitrogens with one attached hydrogen (secondary N) is 1. The van der Waals surface area contributed by atoms with Gasteiger partial charge in [0.15, 0.2) is 0 Å². The van der Waals surface area contributed by atoms with E-state index in [-0.39, 0.29) is 18.4 Å². The Labute approximate surface area is 89.8 Å². The zero-order valence-corrected chi connectivity index (χ0v) is 9.28. The molecule has 1 saturated heterocycles. The van der Waals surface area contributed by atoms with E-state index in [0.29, 0.717) is 0 Å². The van der Waals surface area contributed by atoms with Crippen LogP contribution in [0, 0.1) is 0 Å². The van der Waals surface area contributed by atoms with Gasteiger partial charge >= 0.3 is 5.97 Å². The molecule has 1 heterocycles. The molecule has 0 radical (unpaired) electrons. The van der Waals surface area contributed by atoms with Crippen molar-refractivity contribution in [2.24, 2.45) is 0 Å². The van der Waals surface area contributed by atoms with E-state index >= 15 is 0 Å². The molecule has 86 valence electrons. The topological polar surface area (TPSA) is 58.6 Å². The molecule has 1 aliphatic heterocycles. The zero-order valence-electron chi connectivity index (χ0n) is 9.28. The first kappa shape index (κ1) is 12.0. The van der Waals surface area contributed by atoms with Crippen molar-refractivity contribution in [1.82, 2.24) is 10.2 Å². The Kier molecular flexibility index (Phi) is 4.55. The van der Waals surface area contributed by atoms with Crippen LogP contribution in [0.5, 0.6) is 0 Å². The molecule has 1 rings (SSSR count). The molecule has 1 fully saturated rings. The molecule has 5 nitrogen and oxygen atoms in total. The van der Waals surface area contributed by atoms with Gasteiger partial charge in [-0.15, -0.1) is 0 Å². The second-order valence-electron chi connectivity index (χ2n) is 3.90. The molecule has 0 atom stereocenters. The van der Waals surface area contributed by atoms with Crippen LogP contribution in [0.15, 0.2) is 0 Å². The number of hydrogen-bond donors (Lipinski definition) is 1. The Morgan fingerprint density at radius 3 is 2.53 bits per heavy atom. The molecule has 5 heteroatoms. The second-order valence-corrected chi connectivity index (χ2v) is 3.90. The fourth-order valence-electron chi connectivity index (χ4n) is 1.63. The lowest BCUT2D eigenvalue weighted by Crippen LogP contribution is -2.43. The number of methoxy groups -OCH3 is 1. The quantitative estimate of drug-likeness (QED) is 0.520. The molecule has 0 bridgehead atoms. The van der Waals surface area contributed by atoms with Crippen molar-refractivity contribution in [2.45, 2.75) is 25.3 Å². The van der Waals surface area contributed by atoms with Gasteiger partial charge in [-0.25, -0.2) is 0 Å². The summed E-state index contributed by atoms with van der Waals surface area (Å²) in [6.07, 6.45) is 1.72. The van der Waals surface area contributed by atoms with Crippen molar-refractivity contribution in [3.8, 4) is 0 Å². The third-order valence-corrected chi connectivity index (χ3v) is 2.62. The number of ether oxygens (including phenoxy) is 1. The van der Waals surface area contributed by atoms with E-state index in [4.69, 9.17) is 0 Å². The predicted octanol–water partition coefficient (Wildman–Crippen LogP) is -0.240. The number of carbonyl (C=O) groups is 2. The summed E-state index contributed by atoms with van der Waals surface area (Å²) in [5.74, 6) is -0.725. The van der Waals surface area contributed by atoms with Crippen molar-refractivity contribution in [1.29, 1.82) is 0 Å². The van der Waals surface area contributed by atoms with Gasteiger partial charge in [-0.3, -0.25) is 9.59 Å². The van der Waals surface area contributed by atoms with Crippen LogP contribution in [-0.4, -0.2) is 50.1 Å². The largest absolute Gasteiger partial charge is 0.469 e. The highest BCUT2D eigenvalue weighted by Gasteiger charge is 2.19. The lowest BCUT2D eigenvalue weighted by molar-refractivity contribution is -0.144. The third-order valence-electron chi connectivity index (χ3n) is 2.62. The first-order chi connectivity index (χ1) is 7.11. The smallest absolute Gasteiger partial charge is 0.315 e. The fourth-order valence-corrected chi connectivity index (χ4v) is 1.63. The lowest BCUT2D eigenvalue weighted by Gasteiger charge is -2.29. The standard InChI is InChI=1S/C10H18N2O3/c1-12-5-3-8(4-6-12)11-9(13)7-10(14)15-2/h8H,3-7H2,1-2H3,(H,11,13). The first-order valence-corrected chi connectivity index (χ1v) is 5.16. The molecular formula is C10H18N2O3. The summed E-state index contributed by atoms with van der Waals surface area (Å²) in [6.45, 7) is 1.98. The van der Waals surface area contributed by atoms with Crippen LogP contribution in [0.2, 0.25) is 0 Å². The zero-order chi connectivity index (χ0) is 11.3. The van der Waals surface area contributed by atoms with Crippen LogP contribution in [0.25, 0.3) is 0 Å². The molecule has 1 N–H and O–H groups in total. The maximum Gasteiger partial charge on any atom is 0.315 e. The summed E-state index contributed by atoms with van der Waals surface area (Å²) in [5.41, 5.74) is 0. The Bertz CT molecular complexity index is 235. The van der Waals surface area contributed by atoms with Crippen LogP contribution in [0.4, 0.5) is 0 Å². The number of likely N-dealkylation sites (tertiary alicyclic amines) is 1. The van der Waals surface area contributed by atoms with E-state index in [9.17, 15) is 9.59 Å². The van der Waals surface area contributed by atoms with Gasteiger partial charge in [-0.1, -0.05) is 0 Å². The Morgan fingerprint density at radius 1 is 1.40 bits per heavy atom. The highest BCUT2D eigenvalue weighted by atomic mass is 16.5. The van der Waals surface area contributed by atoms with Gasteiger partial charge in [0, 0.05) is 6.04 Å². The number of carbonyl (C=O) groups excluding carboxylic acids is 2. The normalized spacial score (nSPS) is 18.5. The van der Waals surface area contributed by atoms with Crippen molar-refractivity contribution in [3.63, 3.8) is 0 Å². The molecule has 0 aliphatic carbocycles. The van der Waals surface area contributed by atoms with Gasteiger partial charge in [-0.2, -0.15) is 0 Å². The molecule has 0 saturated carbocycles. The minimum atomic E-state index is -0.486. The highest BCUT2D eigenvalue weighted by Crippen LogP contribution is 2.08. The molecule has 1 aliphatic rings. The number of rotatable bonds is 3. The average molecular weight is 214 g/mol. The maximum absolute atomic E-state index is 11.3. The summed E-state index contributed by atoms with van der Waals surface area (Å²) < 4.78 is 4.42. The number of amides is 1. The van der Waals surface area contributed by atoms with Crippen LogP contribution in [-0.2, 0) is 14.3 Å². The molecule has 15 heavy (non-hydrogen) atoms. The monoisotopic (exact) mass is 214 g/mol. The fraction of sp³-hybridized carbons (Fsp3) is 0.800.